The molecule has 1 saturated carbocycles. The number of benzene rings is 1. The van der Waals surface area contributed by atoms with Crippen LogP contribution in [0.1, 0.15) is 24.8 Å². The number of carbonyl (C=O) groups excluding carboxylic acids is 1. The van der Waals surface area contributed by atoms with E-state index in [1.165, 1.54) is 6.07 Å². The summed E-state index contributed by atoms with van der Waals surface area (Å²) in [7, 11) is 0. The first kappa shape index (κ1) is 12.0. The minimum absolute atomic E-state index is 0.157. The molecule has 1 fully saturated rings. The second-order valence-corrected chi connectivity index (χ2v) is 4.78. The number of nitrogens with one attached hydrogen (secondary N) is 1. The van der Waals surface area contributed by atoms with Gasteiger partial charge in [0.15, 0.2) is 0 Å². The summed E-state index contributed by atoms with van der Waals surface area (Å²) in [6.45, 7) is 2.18. The number of hydrogen-bond donors (Lipinski definition) is 2. The van der Waals surface area contributed by atoms with Gasteiger partial charge in [0.2, 0.25) is 5.91 Å². The van der Waals surface area contributed by atoms with Crippen LogP contribution in [0.15, 0.2) is 18.2 Å². The van der Waals surface area contributed by atoms with Crippen molar-refractivity contribution in [2.24, 2.45) is 11.1 Å². The van der Waals surface area contributed by atoms with Gasteiger partial charge >= 0.3 is 0 Å². The van der Waals surface area contributed by atoms with Crippen LogP contribution in [-0.2, 0) is 4.79 Å². The van der Waals surface area contributed by atoms with E-state index in [1.54, 1.807) is 12.1 Å². The van der Waals surface area contributed by atoms with Gasteiger partial charge in [-0.15, -0.1) is 0 Å². The average Bonchev–Trinajstić information content (AvgIpc) is 2.23. The first-order chi connectivity index (χ1) is 8.07. The van der Waals surface area contributed by atoms with Crippen LogP contribution in [0.4, 0.5) is 10.1 Å². The Morgan fingerprint density at radius 1 is 1.53 bits per heavy atom. The minimum atomic E-state index is -0.476. The predicted molar refractivity (Wildman–Crippen MR) is 65.1 cm³/mol. The highest BCUT2D eigenvalue weighted by molar-refractivity contribution is 5.96. The van der Waals surface area contributed by atoms with E-state index in [-0.39, 0.29) is 11.6 Å². The molecule has 3 nitrogen and oxygen atoms in total. The summed E-state index contributed by atoms with van der Waals surface area (Å²) in [5, 5.41) is 2.65. The van der Waals surface area contributed by atoms with Gasteiger partial charge in [-0.3, -0.25) is 4.79 Å². The topological polar surface area (TPSA) is 55.1 Å². The lowest BCUT2D eigenvalue weighted by Gasteiger charge is -2.39. The quantitative estimate of drug-likeness (QED) is 0.845. The Bertz CT molecular complexity index is 436. The lowest BCUT2D eigenvalue weighted by Crippen LogP contribution is -2.47. The molecule has 17 heavy (non-hydrogen) atoms. The highest BCUT2D eigenvalue weighted by Crippen LogP contribution is 2.40. The Balaban J connectivity index is 2.15. The molecule has 1 aliphatic rings. The molecule has 4 heteroatoms. The van der Waals surface area contributed by atoms with Crippen LogP contribution in [0.25, 0.3) is 0 Å². The van der Waals surface area contributed by atoms with E-state index in [2.05, 4.69) is 5.32 Å². The molecule has 1 aliphatic carbocycles. The SMILES string of the molecule is Cc1ccc(F)c(NC(=O)C2(CN)CCC2)c1. The number of carbonyl (C=O) groups is 1. The molecule has 0 unspecified atom stereocenters. The Labute approximate surface area is 100 Å². The van der Waals surface area contributed by atoms with Crippen LogP contribution >= 0.6 is 0 Å². The zero-order valence-corrected chi connectivity index (χ0v) is 9.92. The molecule has 1 amide bonds. The molecule has 0 heterocycles. The van der Waals surface area contributed by atoms with E-state index < -0.39 is 11.2 Å². The largest absolute Gasteiger partial charge is 0.329 e. The summed E-state index contributed by atoms with van der Waals surface area (Å²) in [6.07, 6.45) is 2.60. The standard InChI is InChI=1S/C13H17FN2O/c1-9-3-4-10(14)11(7-9)16-12(17)13(8-15)5-2-6-13/h3-4,7H,2,5-6,8,15H2,1H3,(H,16,17). The van der Waals surface area contributed by atoms with Crippen molar-refractivity contribution in [3.8, 4) is 0 Å². The van der Waals surface area contributed by atoms with Gasteiger partial charge in [-0.25, -0.2) is 4.39 Å². The fourth-order valence-corrected chi connectivity index (χ4v) is 2.12. The van der Waals surface area contributed by atoms with Gasteiger partial charge in [0.05, 0.1) is 11.1 Å². The van der Waals surface area contributed by atoms with Crippen molar-refractivity contribution in [1.82, 2.24) is 0 Å². The molecule has 0 atom stereocenters. The monoisotopic (exact) mass is 236 g/mol. The molecule has 0 radical (unpaired) electrons. The number of rotatable bonds is 3. The molecule has 92 valence electrons. The zero-order chi connectivity index (χ0) is 12.5. The van der Waals surface area contributed by atoms with Crippen LogP contribution in [0.2, 0.25) is 0 Å². The lowest BCUT2D eigenvalue weighted by atomic mass is 9.68. The Kier molecular flexibility index (Phi) is 3.15. The van der Waals surface area contributed by atoms with Gasteiger partial charge in [-0.05, 0) is 37.5 Å². The van der Waals surface area contributed by atoms with Crippen molar-refractivity contribution in [3.05, 3.63) is 29.6 Å². The van der Waals surface area contributed by atoms with E-state index in [4.69, 9.17) is 5.73 Å². The van der Waals surface area contributed by atoms with Crippen LogP contribution < -0.4 is 11.1 Å². The lowest BCUT2D eigenvalue weighted by molar-refractivity contribution is -0.129. The van der Waals surface area contributed by atoms with Gasteiger partial charge in [0.25, 0.3) is 0 Å². The maximum atomic E-state index is 13.5. The zero-order valence-electron chi connectivity index (χ0n) is 9.92. The average molecular weight is 236 g/mol. The summed E-state index contributed by atoms with van der Waals surface area (Å²) in [4.78, 5) is 12.1. The van der Waals surface area contributed by atoms with Gasteiger partial charge in [-0.2, -0.15) is 0 Å². The third kappa shape index (κ3) is 2.17. The fraction of sp³-hybridized carbons (Fsp3) is 0.462. The molecular weight excluding hydrogens is 219 g/mol. The maximum Gasteiger partial charge on any atom is 0.231 e. The number of aryl methyl sites for hydroxylation is 1. The number of hydrogen-bond acceptors (Lipinski definition) is 2. The molecular formula is C13H17FN2O. The molecule has 0 bridgehead atoms. The van der Waals surface area contributed by atoms with Crippen molar-refractivity contribution in [2.75, 3.05) is 11.9 Å². The highest BCUT2D eigenvalue weighted by atomic mass is 19.1. The third-order valence-electron chi connectivity index (χ3n) is 3.55. The summed E-state index contributed by atoms with van der Waals surface area (Å²) >= 11 is 0. The van der Waals surface area contributed by atoms with E-state index in [0.717, 1.165) is 24.8 Å². The minimum Gasteiger partial charge on any atom is -0.329 e. The Morgan fingerprint density at radius 3 is 2.76 bits per heavy atom. The van der Waals surface area contributed by atoms with E-state index in [9.17, 15) is 9.18 Å². The number of halogens is 1. The Morgan fingerprint density at radius 2 is 2.24 bits per heavy atom. The molecule has 0 spiro atoms. The van der Waals surface area contributed by atoms with E-state index in [0.29, 0.717) is 6.54 Å². The third-order valence-corrected chi connectivity index (χ3v) is 3.55. The van der Waals surface area contributed by atoms with Crippen LogP contribution in [0, 0.1) is 18.2 Å². The molecule has 0 aliphatic heterocycles. The molecule has 0 saturated heterocycles. The summed E-state index contributed by atoms with van der Waals surface area (Å²) < 4.78 is 13.5. The van der Waals surface area contributed by atoms with Crippen molar-refractivity contribution < 1.29 is 9.18 Å². The second kappa shape index (κ2) is 4.45. The van der Waals surface area contributed by atoms with E-state index >= 15 is 0 Å². The first-order valence-corrected chi connectivity index (χ1v) is 5.85. The number of nitrogens with two attached hydrogens (primary N) is 1. The maximum absolute atomic E-state index is 13.5. The molecule has 0 aromatic heterocycles. The van der Waals surface area contributed by atoms with Gasteiger partial charge in [0.1, 0.15) is 5.82 Å². The second-order valence-electron chi connectivity index (χ2n) is 4.78. The normalized spacial score (nSPS) is 17.4. The highest BCUT2D eigenvalue weighted by Gasteiger charge is 2.42. The van der Waals surface area contributed by atoms with Crippen LogP contribution in [0.3, 0.4) is 0 Å². The first-order valence-electron chi connectivity index (χ1n) is 5.85. The molecule has 3 N–H and O–H groups in total. The van der Waals surface area contributed by atoms with Gasteiger partial charge in [0, 0.05) is 6.54 Å². The number of amides is 1. The smallest absolute Gasteiger partial charge is 0.231 e. The van der Waals surface area contributed by atoms with Crippen molar-refractivity contribution in [1.29, 1.82) is 0 Å². The molecule has 2 rings (SSSR count). The molecule has 1 aromatic carbocycles. The van der Waals surface area contributed by atoms with E-state index in [1.807, 2.05) is 6.92 Å². The van der Waals surface area contributed by atoms with Crippen molar-refractivity contribution >= 4 is 11.6 Å². The van der Waals surface area contributed by atoms with Gasteiger partial charge < -0.3 is 11.1 Å². The van der Waals surface area contributed by atoms with Gasteiger partial charge in [-0.1, -0.05) is 12.5 Å². The number of anilines is 1. The molecule has 1 aromatic rings. The van der Waals surface area contributed by atoms with Crippen LogP contribution in [0.5, 0.6) is 0 Å². The summed E-state index contributed by atoms with van der Waals surface area (Å²) in [5.74, 6) is -0.564. The van der Waals surface area contributed by atoms with Crippen molar-refractivity contribution in [3.63, 3.8) is 0 Å². The summed E-state index contributed by atoms with van der Waals surface area (Å²) in [6, 6.07) is 4.67. The fourth-order valence-electron chi connectivity index (χ4n) is 2.12. The Hall–Kier alpha value is -1.42. The summed E-state index contributed by atoms with van der Waals surface area (Å²) in [5.41, 5.74) is 6.32. The predicted octanol–water partition coefficient (Wildman–Crippen LogP) is 2.20. The van der Waals surface area contributed by atoms with Crippen LogP contribution in [-0.4, -0.2) is 12.5 Å². The van der Waals surface area contributed by atoms with Crippen molar-refractivity contribution in [2.45, 2.75) is 26.2 Å².